The summed E-state index contributed by atoms with van der Waals surface area (Å²) in [7, 11) is 1.57. The molecule has 2 aromatic rings. The van der Waals surface area contributed by atoms with E-state index in [4.69, 9.17) is 4.74 Å². The first-order valence-electron chi connectivity index (χ1n) is 8.95. The second-order valence-corrected chi connectivity index (χ2v) is 7.95. The van der Waals surface area contributed by atoms with Crippen molar-refractivity contribution in [1.29, 1.82) is 0 Å². The Morgan fingerprint density at radius 1 is 1.35 bits per heavy atom. The van der Waals surface area contributed by atoms with E-state index in [0.717, 1.165) is 5.56 Å². The first-order chi connectivity index (χ1) is 12.3. The lowest BCUT2D eigenvalue weighted by Gasteiger charge is -2.38. The van der Waals surface area contributed by atoms with E-state index < -0.39 is 0 Å². The lowest BCUT2D eigenvalue weighted by Crippen LogP contribution is -2.41. The SMILES string of the molecule is COc1ccc(C(NC(=O)c2ccn(C(C)(C)C)c2)C2CC(O)C2)cn1. The predicted molar refractivity (Wildman–Crippen MR) is 99.2 cm³/mol. The highest BCUT2D eigenvalue weighted by Gasteiger charge is 2.36. The van der Waals surface area contributed by atoms with Gasteiger partial charge in [-0.2, -0.15) is 0 Å². The molecule has 0 bridgehead atoms. The standard InChI is InChI=1S/C20H27N3O3/c1-20(2,3)23-8-7-14(12-23)19(25)22-18(15-9-16(24)10-15)13-5-6-17(26-4)21-11-13/h5-8,11-12,15-16,18,24H,9-10H2,1-4H3,(H,22,25). The number of methoxy groups -OCH3 is 1. The minimum absolute atomic E-state index is 0.0735. The zero-order valence-electron chi connectivity index (χ0n) is 15.8. The highest BCUT2D eigenvalue weighted by Crippen LogP contribution is 2.38. The van der Waals surface area contributed by atoms with Crippen LogP contribution < -0.4 is 10.1 Å². The maximum atomic E-state index is 12.8. The third-order valence-corrected chi connectivity index (χ3v) is 4.96. The number of carbonyl (C=O) groups is 1. The summed E-state index contributed by atoms with van der Waals surface area (Å²) in [5.41, 5.74) is 1.48. The molecule has 6 heteroatoms. The van der Waals surface area contributed by atoms with E-state index in [9.17, 15) is 9.90 Å². The topological polar surface area (TPSA) is 76.4 Å². The van der Waals surface area contributed by atoms with Crippen molar-refractivity contribution in [3.05, 3.63) is 47.9 Å². The monoisotopic (exact) mass is 357 g/mol. The van der Waals surface area contributed by atoms with Gasteiger partial charge in [0.2, 0.25) is 5.88 Å². The van der Waals surface area contributed by atoms with Crippen LogP contribution in [0.3, 0.4) is 0 Å². The molecule has 1 saturated carbocycles. The molecule has 1 amide bonds. The summed E-state index contributed by atoms with van der Waals surface area (Å²) in [4.78, 5) is 17.0. The van der Waals surface area contributed by atoms with Crippen LogP contribution in [0.1, 0.15) is 55.6 Å². The van der Waals surface area contributed by atoms with Crippen LogP contribution in [0.4, 0.5) is 0 Å². The van der Waals surface area contributed by atoms with Crippen molar-refractivity contribution in [2.75, 3.05) is 7.11 Å². The Hall–Kier alpha value is -2.34. The van der Waals surface area contributed by atoms with Crippen LogP contribution >= 0.6 is 0 Å². The van der Waals surface area contributed by atoms with Crippen molar-refractivity contribution in [2.45, 2.75) is 51.3 Å². The van der Waals surface area contributed by atoms with Gasteiger partial charge in [0.1, 0.15) is 0 Å². The number of ether oxygens (including phenoxy) is 1. The van der Waals surface area contributed by atoms with Crippen molar-refractivity contribution in [1.82, 2.24) is 14.9 Å². The molecule has 0 saturated heterocycles. The van der Waals surface area contributed by atoms with Gasteiger partial charge in [0.05, 0.1) is 24.8 Å². The molecule has 2 aromatic heterocycles. The summed E-state index contributed by atoms with van der Waals surface area (Å²) < 4.78 is 7.14. The van der Waals surface area contributed by atoms with Gasteiger partial charge in [0, 0.05) is 30.2 Å². The zero-order chi connectivity index (χ0) is 18.9. The van der Waals surface area contributed by atoms with Crippen molar-refractivity contribution >= 4 is 5.91 Å². The molecule has 0 aromatic carbocycles. The van der Waals surface area contributed by atoms with Gasteiger partial charge in [-0.25, -0.2) is 4.98 Å². The van der Waals surface area contributed by atoms with Crippen molar-refractivity contribution in [2.24, 2.45) is 5.92 Å². The van der Waals surface area contributed by atoms with Crippen LogP contribution in [0.15, 0.2) is 36.8 Å². The van der Waals surface area contributed by atoms with E-state index in [1.807, 2.05) is 29.1 Å². The molecule has 1 unspecified atom stereocenters. The molecule has 0 radical (unpaired) electrons. The van der Waals surface area contributed by atoms with E-state index in [1.165, 1.54) is 0 Å². The molecule has 1 atom stereocenters. The maximum Gasteiger partial charge on any atom is 0.253 e. The van der Waals surface area contributed by atoms with E-state index in [1.54, 1.807) is 19.4 Å². The molecular weight excluding hydrogens is 330 g/mol. The van der Waals surface area contributed by atoms with Crippen molar-refractivity contribution in [3.8, 4) is 5.88 Å². The van der Waals surface area contributed by atoms with Gasteiger partial charge in [-0.3, -0.25) is 4.79 Å². The van der Waals surface area contributed by atoms with Gasteiger partial charge < -0.3 is 19.7 Å². The van der Waals surface area contributed by atoms with Gasteiger partial charge >= 0.3 is 0 Å². The third-order valence-electron chi connectivity index (χ3n) is 4.96. The van der Waals surface area contributed by atoms with Crippen LogP contribution in [-0.4, -0.2) is 33.8 Å². The Kier molecular flexibility index (Phi) is 5.05. The summed E-state index contributed by atoms with van der Waals surface area (Å²) in [5.74, 6) is 0.624. The average molecular weight is 357 g/mol. The van der Waals surface area contributed by atoms with E-state index in [0.29, 0.717) is 24.3 Å². The number of amides is 1. The highest BCUT2D eigenvalue weighted by atomic mass is 16.5. The molecule has 0 aliphatic heterocycles. The number of nitrogens with zero attached hydrogens (tertiary/aromatic N) is 2. The highest BCUT2D eigenvalue weighted by molar-refractivity contribution is 5.94. The Labute approximate surface area is 154 Å². The first-order valence-corrected chi connectivity index (χ1v) is 8.95. The minimum Gasteiger partial charge on any atom is -0.481 e. The first kappa shape index (κ1) is 18.5. The van der Waals surface area contributed by atoms with E-state index in [2.05, 4.69) is 31.1 Å². The fourth-order valence-electron chi connectivity index (χ4n) is 3.24. The number of aromatic nitrogens is 2. The number of rotatable bonds is 5. The van der Waals surface area contributed by atoms with Crippen molar-refractivity contribution in [3.63, 3.8) is 0 Å². The molecule has 140 valence electrons. The molecule has 3 rings (SSSR count). The number of hydrogen-bond acceptors (Lipinski definition) is 4. The summed E-state index contributed by atoms with van der Waals surface area (Å²) in [6, 6.07) is 5.36. The van der Waals surface area contributed by atoms with Gasteiger partial charge in [0.25, 0.3) is 5.91 Å². The molecule has 1 aliphatic rings. The van der Waals surface area contributed by atoms with Gasteiger partial charge in [-0.15, -0.1) is 0 Å². The Balaban J connectivity index is 1.78. The van der Waals surface area contributed by atoms with Gasteiger partial charge in [-0.05, 0) is 51.2 Å². The molecule has 26 heavy (non-hydrogen) atoms. The number of pyridine rings is 1. The van der Waals surface area contributed by atoms with E-state index >= 15 is 0 Å². The fourth-order valence-corrected chi connectivity index (χ4v) is 3.24. The van der Waals surface area contributed by atoms with Gasteiger partial charge in [0.15, 0.2) is 0 Å². The quantitative estimate of drug-likeness (QED) is 0.863. The number of aliphatic hydroxyl groups excluding tert-OH is 1. The molecule has 2 N–H and O–H groups in total. The van der Waals surface area contributed by atoms with E-state index in [-0.39, 0.29) is 29.5 Å². The van der Waals surface area contributed by atoms with Crippen LogP contribution in [0.5, 0.6) is 5.88 Å². The summed E-state index contributed by atoms with van der Waals surface area (Å²) in [6.07, 6.45) is 6.60. The number of aliphatic hydroxyl groups is 1. The summed E-state index contributed by atoms with van der Waals surface area (Å²) >= 11 is 0. The molecule has 6 nitrogen and oxygen atoms in total. The second-order valence-electron chi connectivity index (χ2n) is 7.95. The lowest BCUT2D eigenvalue weighted by molar-refractivity contribution is 0.0234. The smallest absolute Gasteiger partial charge is 0.253 e. The zero-order valence-corrected chi connectivity index (χ0v) is 15.8. The molecule has 1 fully saturated rings. The molecule has 1 aliphatic carbocycles. The normalized spacial score (nSPS) is 21.0. The van der Waals surface area contributed by atoms with Crippen LogP contribution in [0.2, 0.25) is 0 Å². The molecular formula is C20H27N3O3. The molecule has 2 heterocycles. The number of hydrogen-bond donors (Lipinski definition) is 2. The van der Waals surface area contributed by atoms with Crippen LogP contribution in [0, 0.1) is 5.92 Å². The molecule has 0 spiro atoms. The summed E-state index contributed by atoms with van der Waals surface area (Å²) in [5, 5.41) is 12.8. The summed E-state index contributed by atoms with van der Waals surface area (Å²) in [6.45, 7) is 6.28. The second kappa shape index (κ2) is 7.11. The number of carbonyl (C=O) groups excluding carboxylic acids is 1. The Bertz CT molecular complexity index is 755. The van der Waals surface area contributed by atoms with Gasteiger partial charge in [-0.1, -0.05) is 6.07 Å². The minimum atomic E-state index is -0.285. The average Bonchev–Trinajstić information content (AvgIpc) is 3.08. The predicted octanol–water partition coefficient (Wildman–Crippen LogP) is 2.89. The van der Waals surface area contributed by atoms with Crippen LogP contribution in [0.25, 0.3) is 0 Å². The largest absolute Gasteiger partial charge is 0.481 e. The Morgan fingerprint density at radius 3 is 2.58 bits per heavy atom. The van der Waals surface area contributed by atoms with Crippen molar-refractivity contribution < 1.29 is 14.6 Å². The number of nitrogens with one attached hydrogen (secondary N) is 1. The fraction of sp³-hybridized carbons (Fsp3) is 0.500. The Morgan fingerprint density at radius 2 is 2.08 bits per heavy atom. The third kappa shape index (κ3) is 3.90. The van der Waals surface area contributed by atoms with Crippen LogP contribution in [-0.2, 0) is 5.54 Å². The maximum absolute atomic E-state index is 12.8. The lowest BCUT2D eigenvalue weighted by atomic mass is 9.75.